The molecule has 0 aliphatic carbocycles. The van der Waals surface area contributed by atoms with E-state index in [-0.39, 0.29) is 0 Å². The molecule has 2 rings (SSSR count). The zero-order chi connectivity index (χ0) is 12.4. The quantitative estimate of drug-likeness (QED) is 0.856. The number of thiocarbonyl (C=S) groups is 1. The van der Waals surface area contributed by atoms with E-state index in [1.807, 2.05) is 37.5 Å². The Labute approximate surface area is 113 Å². The summed E-state index contributed by atoms with van der Waals surface area (Å²) in [6.07, 6.45) is 1.88. The first-order valence-electron chi connectivity index (χ1n) is 4.92. The molecule has 0 aliphatic rings. The largest absolute Gasteiger partial charge is 0.389 e. The summed E-state index contributed by atoms with van der Waals surface area (Å²) in [4.78, 5) is 0.376. The molecule has 88 valence electrons. The van der Waals surface area contributed by atoms with Gasteiger partial charge in [0.2, 0.25) is 0 Å². The number of rotatable bonds is 3. The Balaban J connectivity index is 2.23. The van der Waals surface area contributed by atoms with Gasteiger partial charge in [-0.1, -0.05) is 12.2 Å². The minimum absolute atomic E-state index is 0.376. The number of aryl methyl sites for hydroxylation is 1. The summed E-state index contributed by atoms with van der Waals surface area (Å²) >= 11 is 8.37. The van der Waals surface area contributed by atoms with Crippen molar-refractivity contribution in [3.05, 3.63) is 40.5 Å². The maximum Gasteiger partial charge on any atom is 0.152 e. The van der Waals surface area contributed by atoms with E-state index in [4.69, 9.17) is 18.0 Å². The Morgan fingerprint density at radius 3 is 2.76 bits per heavy atom. The second-order valence-electron chi connectivity index (χ2n) is 3.56. The van der Waals surface area contributed by atoms with Gasteiger partial charge < -0.3 is 11.1 Å². The first-order chi connectivity index (χ1) is 8.06. The molecule has 0 radical (unpaired) electrons. The van der Waals surface area contributed by atoms with Gasteiger partial charge in [0.05, 0.1) is 0 Å². The highest BCUT2D eigenvalue weighted by atomic mass is 79.9. The van der Waals surface area contributed by atoms with Crippen molar-refractivity contribution in [1.29, 1.82) is 0 Å². The molecule has 0 saturated heterocycles. The molecule has 4 nitrogen and oxygen atoms in total. The highest BCUT2D eigenvalue weighted by Crippen LogP contribution is 2.23. The highest BCUT2D eigenvalue weighted by Gasteiger charge is 2.04. The molecule has 0 bridgehead atoms. The number of anilines is 2. The minimum Gasteiger partial charge on any atom is -0.389 e. The second-order valence-corrected chi connectivity index (χ2v) is 4.85. The SMILES string of the molecule is Cn1ccc(Nc2ccc(C(N)=S)c(Br)c2)n1. The first-order valence-corrected chi connectivity index (χ1v) is 6.12. The van der Waals surface area contributed by atoms with E-state index in [0.29, 0.717) is 4.99 Å². The van der Waals surface area contributed by atoms with Gasteiger partial charge in [-0.05, 0) is 34.1 Å². The maximum absolute atomic E-state index is 5.59. The van der Waals surface area contributed by atoms with Gasteiger partial charge in [-0.15, -0.1) is 0 Å². The van der Waals surface area contributed by atoms with Gasteiger partial charge in [-0.25, -0.2) is 0 Å². The predicted molar refractivity (Wildman–Crippen MR) is 76.5 cm³/mol. The summed E-state index contributed by atoms with van der Waals surface area (Å²) in [5, 5.41) is 7.42. The molecule has 17 heavy (non-hydrogen) atoms. The summed E-state index contributed by atoms with van der Waals surface area (Å²) in [5.41, 5.74) is 7.34. The predicted octanol–water partition coefficient (Wildman–Crippen LogP) is 2.56. The van der Waals surface area contributed by atoms with Gasteiger partial charge in [-0.2, -0.15) is 5.10 Å². The number of benzene rings is 1. The zero-order valence-corrected chi connectivity index (χ0v) is 11.5. The average Bonchev–Trinajstić information content (AvgIpc) is 2.63. The fourth-order valence-electron chi connectivity index (χ4n) is 1.42. The van der Waals surface area contributed by atoms with Crippen LogP contribution in [0.15, 0.2) is 34.9 Å². The third-order valence-electron chi connectivity index (χ3n) is 2.22. The van der Waals surface area contributed by atoms with Crippen LogP contribution in [0.3, 0.4) is 0 Å². The molecule has 0 saturated carbocycles. The smallest absolute Gasteiger partial charge is 0.152 e. The molecular formula is C11H11BrN4S. The van der Waals surface area contributed by atoms with Crippen LogP contribution in [0.5, 0.6) is 0 Å². The normalized spacial score (nSPS) is 10.2. The Morgan fingerprint density at radius 1 is 1.47 bits per heavy atom. The molecular weight excluding hydrogens is 300 g/mol. The fraction of sp³-hybridized carbons (Fsp3) is 0.0909. The van der Waals surface area contributed by atoms with Crippen molar-refractivity contribution in [2.45, 2.75) is 0 Å². The zero-order valence-electron chi connectivity index (χ0n) is 9.14. The van der Waals surface area contributed by atoms with E-state index in [0.717, 1.165) is 21.5 Å². The highest BCUT2D eigenvalue weighted by molar-refractivity contribution is 9.10. The first kappa shape index (κ1) is 12.1. The number of aromatic nitrogens is 2. The van der Waals surface area contributed by atoms with Crippen LogP contribution in [0.2, 0.25) is 0 Å². The molecule has 2 aromatic rings. The number of nitrogens with one attached hydrogen (secondary N) is 1. The molecule has 1 aromatic carbocycles. The van der Waals surface area contributed by atoms with Gasteiger partial charge in [0.15, 0.2) is 5.82 Å². The van der Waals surface area contributed by atoms with Crippen LogP contribution in [0.1, 0.15) is 5.56 Å². The standard InChI is InChI=1S/C11H11BrN4S/c1-16-5-4-10(15-16)14-7-2-3-8(11(13)17)9(12)6-7/h2-6H,1H3,(H2,13,17)(H,14,15). The van der Waals surface area contributed by atoms with Gasteiger partial charge in [0.25, 0.3) is 0 Å². The molecule has 6 heteroatoms. The molecule has 3 N–H and O–H groups in total. The van der Waals surface area contributed by atoms with Crippen LogP contribution in [-0.2, 0) is 7.05 Å². The summed E-state index contributed by atoms with van der Waals surface area (Å²) in [5.74, 6) is 0.794. The summed E-state index contributed by atoms with van der Waals surface area (Å²) in [7, 11) is 1.87. The lowest BCUT2D eigenvalue weighted by Crippen LogP contribution is -2.10. The van der Waals surface area contributed by atoms with Crippen molar-refractivity contribution < 1.29 is 0 Å². The number of halogens is 1. The summed E-state index contributed by atoms with van der Waals surface area (Å²) < 4.78 is 2.60. The number of hydrogen-bond donors (Lipinski definition) is 2. The van der Waals surface area contributed by atoms with Crippen LogP contribution in [-0.4, -0.2) is 14.8 Å². The Bertz CT molecular complexity index is 564. The van der Waals surface area contributed by atoms with E-state index in [1.54, 1.807) is 4.68 Å². The number of nitrogens with two attached hydrogens (primary N) is 1. The van der Waals surface area contributed by atoms with E-state index in [1.165, 1.54) is 0 Å². The van der Waals surface area contributed by atoms with Crippen LogP contribution in [0.25, 0.3) is 0 Å². The topological polar surface area (TPSA) is 55.9 Å². The van der Waals surface area contributed by atoms with Crippen LogP contribution < -0.4 is 11.1 Å². The van der Waals surface area contributed by atoms with Crippen molar-refractivity contribution in [3.8, 4) is 0 Å². The molecule has 0 amide bonds. The molecule has 0 unspecified atom stereocenters. The van der Waals surface area contributed by atoms with Gasteiger partial charge in [-0.3, -0.25) is 4.68 Å². The van der Waals surface area contributed by atoms with Crippen molar-refractivity contribution in [3.63, 3.8) is 0 Å². The average molecular weight is 311 g/mol. The summed E-state index contributed by atoms with van der Waals surface area (Å²) in [6, 6.07) is 7.60. The van der Waals surface area contributed by atoms with Crippen molar-refractivity contribution in [1.82, 2.24) is 9.78 Å². The van der Waals surface area contributed by atoms with Gasteiger partial charge in [0.1, 0.15) is 4.99 Å². The van der Waals surface area contributed by atoms with Crippen LogP contribution >= 0.6 is 28.1 Å². The lowest BCUT2D eigenvalue weighted by atomic mass is 10.2. The molecule has 0 atom stereocenters. The van der Waals surface area contributed by atoms with Crippen molar-refractivity contribution in [2.24, 2.45) is 12.8 Å². The van der Waals surface area contributed by atoms with E-state index < -0.39 is 0 Å². The molecule has 0 fully saturated rings. The van der Waals surface area contributed by atoms with Crippen molar-refractivity contribution >= 4 is 44.6 Å². The van der Waals surface area contributed by atoms with Gasteiger partial charge in [0, 0.05) is 35.0 Å². The fourth-order valence-corrected chi connectivity index (χ4v) is 2.32. The Kier molecular flexibility index (Phi) is 3.44. The third kappa shape index (κ3) is 2.83. The minimum atomic E-state index is 0.376. The lowest BCUT2D eigenvalue weighted by Gasteiger charge is -2.06. The van der Waals surface area contributed by atoms with Crippen LogP contribution in [0, 0.1) is 0 Å². The third-order valence-corrected chi connectivity index (χ3v) is 3.10. The van der Waals surface area contributed by atoms with Crippen molar-refractivity contribution in [2.75, 3.05) is 5.32 Å². The lowest BCUT2D eigenvalue weighted by molar-refractivity contribution is 0.771. The van der Waals surface area contributed by atoms with Gasteiger partial charge >= 0.3 is 0 Å². The molecule has 0 spiro atoms. The monoisotopic (exact) mass is 310 g/mol. The van der Waals surface area contributed by atoms with Crippen LogP contribution in [0.4, 0.5) is 11.5 Å². The summed E-state index contributed by atoms with van der Waals surface area (Å²) in [6.45, 7) is 0. The molecule has 1 heterocycles. The Hall–Kier alpha value is -1.40. The Morgan fingerprint density at radius 2 is 2.24 bits per heavy atom. The van der Waals surface area contributed by atoms with E-state index >= 15 is 0 Å². The van der Waals surface area contributed by atoms with E-state index in [2.05, 4.69) is 26.3 Å². The molecule has 1 aromatic heterocycles. The second kappa shape index (κ2) is 4.85. The number of hydrogen-bond acceptors (Lipinski definition) is 3. The molecule has 0 aliphatic heterocycles. The number of nitrogens with zero attached hydrogens (tertiary/aromatic N) is 2. The maximum atomic E-state index is 5.59. The van der Waals surface area contributed by atoms with E-state index in [9.17, 15) is 0 Å².